The number of amides is 2. The molecule has 0 aromatic carbocycles. The van der Waals surface area contributed by atoms with Crippen molar-refractivity contribution in [3.8, 4) is 5.75 Å². The zero-order valence-electron chi connectivity index (χ0n) is 12.6. The number of hydrogen-bond acceptors (Lipinski definition) is 4. The lowest BCUT2D eigenvalue weighted by Gasteiger charge is -2.39. The van der Waals surface area contributed by atoms with Crippen molar-refractivity contribution in [1.29, 1.82) is 0 Å². The molecule has 1 saturated heterocycles. The van der Waals surface area contributed by atoms with E-state index in [4.69, 9.17) is 0 Å². The van der Waals surface area contributed by atoms with Crippen molar-refractivity contribution in [2.45, 2.75) is 26.8 Å². The summed E-state index contributed by atoms with van der Waals surface area (Å²) in [5.74, 6) is 0.113. The number of carbonyl (C=O) groups excluding carboxylic acids is 2. The van der Waals surface area contributed by atoms with Gasteiger partial charge in [0.1, 0.15) is 17.5 Å². The monoisotopic (exact) mass is 291 g/mol. The highest BCUT2D eigenvalue weighted by Gasteiger charge is 2.35. The predicted molar refractivity (Wildman–Crippen MR) is 77.8 cm³/mol. The van der Waals surface area contributed by atoms with Crippen molar-refractivity contribution in [2.24, 2.45) is 5.92 Å². The average molecular weight is 291 g/mol. The molecular formula is C15H21N3O3. The van der Waals surface area contributed by atoms with Gasteiger partial charge >= 0.3 is 0 Å². The third-order valence-corrected chi connectivity index (χ3v) is 3.56. The van der Waals surface area contributed by atoms with Crippen LogP contribution in [-0.4, -0.2) is 57.4 Å². The summed E-state index contributed by atoms with van der Waals surface area (Å²) in [4.78, 5) is 32.0. The Morgan fingerprint density at radius 2 is 2.14 bits per heavy atom. The molecule has 0 bridgehead atoms. The van der Waals surface area contributed by atoms with Gasteiger partial charge in [-0.05, 0) is 25.0 Å². The average Bonchev–Trinajstić information content (AvgIpc) is 2.44. The van der Waals surface area contributed by atoms with E-state index < -0.39 is 6.04 Å². The van der Waals surface area contributed by atoms with Gasteiger partial charge < -0.3 is 14.9 Å². The molecule has 1 atom stereocenters. The number of pyridine rings is 1. The third kappa shape index (κ3) is 3.32. The lowest BCUT2D eigenvalue weighted by atomic mass is 10.1. The Balaban J connectivity index is 2.10. The molecule has 1 unspecified atom stereocenters. The van der Waals surface area contributed by atoms with Gasteiger partial charge in [-0.1, -0.05) is 13.8 Å². The van der Waals surface area contributed by atoms with Crippen LogP contribution in [0.2, 0.25) is 0 Å². The molecule has 0 saturated carbocycles. The van der Waals surface area contributed by atoms with E-state index in [0.717, 1.165) is 0 Å². The minimum atomic E-state index is -0.486. The van der Waals surface area contributed by atoms with Crippen molar-refractivity contribution in [1.82, 2.24) is 14.8 Å². The van der Waals surface area contributed by atoms with Crippen LogP contribution < -0.4 is 0 Å². The van der Waals surface area contributed by atoms with E-state index in [1.165, 1.54) is 18.3 Å². The fourth-order valence-electron chi connectivity index (χ4n) is 2.49. The maximum absolute atomic E-state index is 12.4. The summed E-state index contributed by atoms with van der Waals surface area (Å²) < 4.78 is 0. The van der Waals surface area contributed by atoms with Crippen LogP contribution in [0, 0.1) is 5.92 Å². The quantitative estimate of drug-likeness (QED) is 0.905. The number of aromatic nitrogens is 1. The Morgan fingerprint density at radius 3 is 2.71 bits per heavy atom. The SMILES string of the molecule is CC(C)CN1CCN(C(=O)c2ccc(O)cn2)C(C)C1=O. The molecule has 2 heterocycles. The van der Waals surface area contributed by atoms with Gasteiger partial charge in [-0.15, -0.1) is 0 Å². The van der Waals surface area contributed by atoms with Crippen LogP contribution in [0.15, 0.2) is 18.3 Å². The van der Waals surface area contributed by atoms with Crippen LogP contribution >= 0.6 is 0 Å². The largest absolute Gasteiger partial charge is 0.506 e. The molecule has 0 aliphatic carbocycles. The highest BCUT2D eigenvalue weighted by Crippen LogP contribution is 2.16. The second kappa shape index (κ2) is 6.11. The normalized spacial score (nSPS) is 19.2. The Kier molecular flexibility index (Phi) is 4.45. The molecule has 1 aromatic heterocycles. The van der Waals surface area contributed by atoms with Crippen molar-refractivity contribution < 1.29 is 14.7 Å². The van der Waals surface area contributed by atoms with Gasteiger partial charge in [-0.3, -0.25) is 9.59 Å². The number of nitrogens with zero attached hydrogens (tertiary/aromatic N) is 3. The van der Waals surface area contributed by atoms with Crippen molar-refractivity contribution >= 4 is 11.8 Å². The van der Waals surface area contributed by atoms with Gasteiger partial charge in [0.2, 0.25) is 5.91 Å². The Labute approximate surface area is 124 Å². The first-order chi connectivity index (χ1) is 9.90. The second-order valence-electron chi connectivity index (χ2n) is 5.75. The van der Waals surface area contributed by atoms with Gasteiger partial charge in [-0.25, -0.2) is 4.98 Å². The van der Waals surface area contributed by atoms with Crippen LogP contribution in [-0.2, 0) is 4.79 Å². The predicted octanol–water partition coefficient (Wildman–Crippen LogP) is 1.12. The van der Waals surface area contributed by atoms with E-state index in [2.05, 4.69) is 18.8 Å². The van der Waals surface area contributed by atoms with Crippen LogP contribution in [0.5, 0.6) is 5.75 Å². The summed E-state index contributed by atoms with van der Waals surface area (Å²) in [6.45, 7) is 7.63. The minimum Gasteiger partial charge on any atom is -0.506 e. The smallest absolute Gasteiger partial charge is 0.273 e. The topological polar surface area (TPSA) is 73.7 Å². The molecule has 6 heteroatoms. The fraction of sp³-hybridized carbons (Fsp3) is 0.533. The molecule has 6 nitrogen and oxygen atoms in total. The third-order valence-electron chi connectivity index (χ3n) is 3.56. The first-order valence-corrected chi connectivity index (χ1v) is 7.15. The summed E-state index contributed by atoms with van der Waals surface area (Å²) in [5, 5.41) is 9.21. The minimum absolute atomic E-state index is 0.0115. The molecule has 0 radical (unpaired) electrons. The highest BCUT2D eigenvalue weighted by atomic mass is 16.3. The second-order valence-corrected chi connectivity index (χ2v) is 5.75. The number of hydrogen-bond donors (Lipinski definition) is 1. The summed E-state index contributed by atoms with van der Waals surface area (Å²) in [7, 11) is 0. The first kappa shape index (κ1) is 15.3. The van der Waals surface area contributed by atoms with Gasteiger partial charge in [0.15, 0.2) is 0 Å². The van der Waals surface area contributed by atoms with Crippen LogP contribution in [0.4, 0.5) is 0 Å². The molecule has 0 spiro atoms. The molecule has 1 aromatic rings. The molecule has 21 heavy (non-hydrogen) atoms. The maximum atomic E-state index is 12.4. The number of piperazine rings is 1. The van der Waals surface area contributed by atoms with Crippen LogP contribution in [0.3, 0.4) is 0 Å². The summed E-state index contributed by atoms with van der Waals surface area (Å²) in [6, 6.07) is 2.40. The molecule has 1 aliphatic rings. The standard InChI is InChI=1S/C15H21N3O3/c1-10(2)9-17-6-7-18(11(3)14(17)20)15(21)13-5-4-12(19)8-16-13/h4-5,8,10-11,19H,6-7,9H2,1-3H3. The molecule has 114 valence electrons. The van der Waals surface area contributed by atoms with Crippen molar-refractivity contribution in [2.75, 3.05) is 19.6 Å². The van der Waals surface area contributed by atoms with E-state index in [9.17, 15) is 14.7 Å². The number of rotatable bonds is 3. The zero-order valence-corrected chi connectivity index (χ0v) is 12.6. The summed E-state index contributed by atoms with van der Waals surface area (Å²) in [5.41, 5.74) is 0.241. The van der Waals surface area contributed by atoms with Gasteiger partial charge in [0.05, 0.1) is 6.20 Å². The fourth-order valence-corrected chi connectivity index (χ4v) is 2.49. The Morgan fingerprint density at radius 1 is 1.43 bits per heavy atom. The van der Waals surface area contributed by atoms with Crippen molar-refractivity contribution in [3.63, 3.8) is 0 Å². The highest BCUT2D eigenvalue weighted by molar-refractivity contribution is 5.96. The number of carbonyl (C=O) groups is 2. The number of aromatic hydroxyl groups is 1. The molecular weight excluding hydrogens is 270 g/mol. The lowest BCUT2D eigenvalue weighted by molar-refractivity contribution is -0.140. The van der Waals surface area contributed by atoms with E-state index in [0.29, 0.717) is 25.6 Å². The van der Waals surface area contributed by atoms with Gasteiger partial charge in [0.25, 0.3) is 5.91 Å². The van der Waals surface area contributed by atoms with Crippen LogP contribution in [0.25, 0.3) is 0 Å². The molecule has 1 N–H and O–H groups in total. The Bertz CT molecular complexity index is 527. The zero-order chi connectivity index (χ0) is 15.6. The molecule has 2 rings (SSSR count). The van der Waals surface area contributed by atoms with Gasteiger partial charge in [0, 0.05) is 19.6 Å². The molecule has 1 aliphatic heterocycles. The molecule has 2 amide bonds. The first-order valence-electron chi connectivity index (χ1n) is 7.15. The van der Waals surface area contributed by atoms with Gasteiger partial charge in [-0.2, -0.15) is 0 Å². The van der Waals surface area contributed by atoms with E-state index >= 15 is 0 Å². The Hall–Kier alpha value is -2.11. The van der Waals surface area contributed by atoms with Crippen LogP contribution in [0.1, 0.15) is 31.3 Å². The van der Waals surface area contributed by atoms with E-state index in [1.54, 1.807) is 11.8 Å². The van der Waals surface area contributed by atoms with Crippen molar-refractivity contribution in [3.05, 3.63) is 24.0 Å². The summed E-state index contributed by atoms with van der Waals surface area (Å²) >= 11 is 0. The molecule has 1 fully saturated rings. The maximum Gasteiger partial charge on any atom is 0.273 e. The summed E-state index contributed by atoms with van der Waals surface area (Å²) in [6.07, 6.45) is 1.23. The van der Waals surface area contributed by atoms with E-state index in [-0.39, 0.29) is 23.3 Å². The van der Waals surface area contributed by atoms with E-state index in [1.807, 2.05) is 4.90 Å². The lowest BCUT2D eigenvalue weighted by Crippen LogP contribution is -2.58.